The number of aromatic nitrogens is 3. The Kier molecular flexibility index (Phi) is 9.30. The van der Waals surface area contributed by atoms with Crippen LogP contribution in [0.15, 0.2) is 279 Å². The van der Waals surface area contributed by atoms with E-state index in [-0.39, 0.29) is 0 Å². The molecule has 0 atom stereocenters. The van der Waals surface area contributed by atoms with Gasteiger partial charge in [0.1, 0.15) is 0 Å². The van der Waals surface area contributed by atoms with Gasteiger partial charge in [-0.3, -0.25) is 0 Å². The van der Waals surface area contributed by atoms with Crippen molar-refractivity contribution in [2.75, 3.05) is 4.90 Å². The minimum Gasteiger partial charge on any atom is -0.309 e. The molecule has 4 heteroatoms. The molecule has 0 N–H and O–H groups in total. The van der Waals surface area contributed by atoms with E-state index in [0.29, 0.717) is 0 Å². The molecule has 0 bridgehead atoms. The summed E-state index contributed by atoms with van der Waals surface area (Å²) in [6, 6.07) is 103. The predicted molar refractivity (Wildman–Crippen MR) is 322 cm³/mol. The van der Waals surface area contributed by atoms with Crippen molar-refractivity contribution in [2.45, 2.75) is 0 Å². The largest absolute Gasteiger partial charge is 0.309 e. The van der Waals surface area contributed by atoms with Gasteiger partial charge >= 0.3 is 0 Å². The highest BCUT2D eigenvalue weighted by Gasteiger charge is 2.25. The van der Waals surface area contributed by atoms with E-state index in [4.69, 9.17) is 0 Å². The minimum absolute atomic E-state index is 1.10. The summed E-state index contributed by atoms with van der Waals surface area (Å²) in [5.41, 5.74) is 16.3. The third-order valence-electron chi connectivity index (χ3n) is 16.0. The van der Waals surface area contributed by atoms with E-state index in [1.54, 1.807) is 0 Å². The van der Waals surface area contributed by atoms with Crippen molar-refractivity contribution >= 4 is 115 Å². The maximum Gasteiger partial charge on any atom is 0.0542 e. The summed E-state index contributed by atoms with van der Waals surface area (Å²) in [5.74, 6) is 0. The third kappa shape index (κ3) is 6.19. The maximum atomic E-state index is 2.54. The number of benzene rings is 13. The molecule has 16 rings (SSSR count). The first-order chi connectivity index (χ1) is 37.8. The number of nitrogens with zero attached hydrogens (tertiary/aromatic N) is 4. The lowest BCUT2D eigenvalue weighted by Gasteiger charge is -2.31. The fourth-order valence-electron chi connectivity index (χ4n) is 12.8. The molecule has 0 fully saturated rings. The van der Waals surface area contributed by atoms with Crippen molar-refractivity contribution in [1.29, 1.82) is 0 Å². The van der Waals surface area contributed by atoms with Gasteiger partial charge in [-0.2, -0.15) is 0 Å². The Morgan fingerprint density at radius 1 is 0.211 bits per heavy atom. The zero-order valence-electron chi connectivity index (χ0n) is 41.3. The molecule has 13 aromatic carbocycles. The average molecular weight is 967 g/mol. The predicted octanol–water partition coefficient (Wildman–Crippen LogP) is 19.6. The Labute approximate surface area is 438 Å². The first kappa shape index (κ1) is 42.4. The van der Waals surface area contributed by atoms with Crippen LogP contribution in [0.4, 0.5) is 17.1 Å². The van der Waals surface area contributed by atoms with Crippen LogP contribution in [0.25, 0.3) is 126 Å². The molecule has 0 radical (unpaired) electrons. The molecule has 0 aliphatic heterocycles. The number of para-hydroxylation sites is 6. The lowest BCUT2D eigenvalue weighted by atomic mass is 9.94. The van der Waals surface area contributed by atoms with Crippen LogP contribution in [0, 0.1) is 0 Å². The number of anilines is 3. The Balaban J connectivity index is 0.957. The molecule has 0 spiro atoms. The summed E-state index contributed by atoms with van der Waals surface area (Å²) >= 11 is 0. The molecule has 354 valence electrons. The van der Waals surface area contributed by atoms with Gasteiger partial charge in [-0.15, -0.1) is 0 Å². The van der Waals surface area contributed by atoms with Crippen molar-refractivity contribution in [3.63, 3.8) is 0 Å². The quantitative estimate of drug-likeness (QED) is 0.156. The van der Waals surface area contributed by atoms with Gasteiger partial charge in [0.15, 0.2) is 0 Å². The molecule has 3 aromatic heterocycles. The van der Waals surface area contributed by atoms with Gasteiger partial charge in [0, 0.05) is 64.9 Å². The van der Waals surface area contributed by atoms with Crippen LogP contribution in [0.2, 0.25) is 0 Å². The van der Waals surface area contributed by atoms with Crippen LogP contribution < -0.4 is 4.90 Å². The Morgan fingerprint density at radius 3 is 1.00 bits per heavy atom. The standard InChI is InChI=1S/C72H46N4/c1-2-20-48(21-3-1)73-62-33-15-14-32-60(62)61-46-47(38-40-72(61)73)49-39-41-67(51-23-5-4-22-50(49)51)76(70-44-42-68(56-24-6-8-26-58(56)70)74-63-34-16-10-28-52(63)53-29-11-17-35-64(53)74)71-45-43-69(57-25-7-9-27-59(57)71)75-65-36-18-12-30-54(65)55-31-13-19-37-66(55)75/h1-46H. The summed E-state index contributed by atoms with van der Waals surface area (Å²) in [7, 11) is 0. The van der Waals surface area contributed by atoms with Crippen LogP contribution in [0.3, 0.4) is 0 Å². The molecule has 3 heterocycles. The molecule has 0 aliphatic carbocycles. The Morgan fingerprint density at radius 2 is 0.539 bits per heavy atom. The molecule has 0 saturated carbocycles. The van der Waals surface area contributed by atoms with E-state index in [0.717, 1.165) is 50.3 Å². The van der Waals surface area contributed by atoms with Crippen LogP contribution >= 0.6 is 0 Å². The molecule has 0 amide bonds. The zero-order valence-corrected chi connectivity index (χ0v) is 41.3. The third-order valence-corrected chi connectivity index (χ3v) is 16.0. The topological polar surface area (TPSA) is 18.0 Å². The summed E-state index contributed by atoms with van der Waals surface area (Å²) in [4.78, 5) is 2.54. The first-order valence-corrected chi connectivity index (χ1v) is 26.2. The monoisotopic (exact) mass is 966 g/mol. The highest BCUT2D eigenvalue weighted by atomic mass is 15.2. The van der Waals surface area contributed by atoms with Gasteiger partial charge in [-0.25, -0.2) is 0 Å². The zero-order chi connectivity index (χ0) is 49.8. The van der Waals surface area contributed by atoms with Crippen molar-refractivity contribution < 1.29 is 0 Å². The summed E-state index contributed by atoms with van der Waals surface area (Å²) in [6.07, 6.45) is 0. The highest BCUT2D eigenvalue weighted by Crippen LogP contribution is 2.49. The number of fused-ring (bicyclic) bond motifs is 12. The fourth-order valence-corrected chi connectivity index (χ4v) is 12.8. The van der Waals surface area contributed by atoms with Gasteiger partial charge in [-0.05, 0) is 101 Å². The van der Waals surface area contributed by atoms with Crippen molar-refractivity contribution in [3.8, 4) is 28.2 Å². The van der Waals surface area contributed by atoms with E-state index in [1.807, 2.05) is 0 Å². The van der Waals surface area contributed by atoms with Gasteiger partial charge in [-0.1, -0.05) is 194 Å². The molecule has 4 nitrogen and oxygen atoms in total. The van der Waals surface area contributed by atoms with Gasteiger partial charge in [0.05, 0.1) is 61.5 Å². The average Bonchev–Trinajstić information content (AvgIpc) is 4.26. The van der Waals surface area contributed by atoms with Crippen molar-refractivity contribution in [3.05, 3.63) is 279 Å². The second kappa shape index (κ2) is 16.7. The minimum atomic E-state index is 1.10. The van der Waals surface area contributed by atoms with Crippen LogP contribution in [0.5, 0.6) is 0 Å². The number of rotatable bonds is 7. The van der Waals surface area contributed by atoms with Gasteiger partial charge in [0.25, 0.3) is 0 Å². The second-order valence-electron chi connectivity index (χ2n) is 20.0. The van der Waals surface area contributed by atoms with Crippen LogP contribution in [0.1, 0.15) is 0 Å². The molecular formula is C72H46N4. The molecule has 76 heavy (non-hydrogen) atoms. The summed E-state index contributed by atoms with van der Waals surface area (Å²) < 4.78 is 7.30. The number of hydrogen-bond acceptors (Lipinski definition) is 1. The maximum absolute atomic E-state index is 2.54. The van der Waals surface area contributed by atoms with Crippen molar-refractivity contribution in [2.24, 2.45) is 0 Å². The van der Waals surface area contributed by atoms with Gasteiger partial charge < -0.3 is 18.6 Å². The lowest BCUT2D eigenvalue weighted by Crippen LogP contribution is -2.13. The second-order valence-corrected chi connectivity index (χ2v) is 20.0. The smallest absolute Gasteiger partial charge is 0.0542 e. The van der Waals surface area contributed by atoms with E-state index in [9.17, 15) is 0 Å². The van der Waals surface area contributed by atoms with Crippen LogP contribution in [-0.2, 0) is 0 Å². The Hall–Kier alpha value is -10.2. The molecule has 16 aromatic rings. The normalized spacial score (nSPS) is 11.9. The first-order valence-electron chi connectivity index (χ1n) is 26.2. The van der Waals surface area contributed by atoms with E-state index < -0.39 is 0 Å². The summed E-state index contributed by atoms with van der Waals surface area (Å²) in [6.45, 7) is 0. The van der Waals surface area contributed by atoms with E-state index >= 15 is 0 Å². The highest BCUT2D eigenvalue weighted by molar-refractivity contribution is 6.18. The lowest BCUT2D eigenvalue weighted by molar-refractivity contribution is 1.18. The fraction of sp³-hybridized carbons (Fsp3) is 0. The van der Waals surface area contributed by atoms with E-state index in [1.165, 1.54) is 92.7 Å². The van der Waals surface area contributed by atoms with Crippen molar-refractivity contribution in [1.82, 2.24) is 13.7 Å². The molecule has 0 aliphatic rings. The van der Waals surface area contributed by atoms with Gasteiger partial charge in [0.2, 0.25) is 0 Å². The molecule has 0 saturated heterocycles. The molecule has 0 unspecified atom stereocenters. The van der Waals surface area contributed by atoms with E-state index in [2.05, 4.69) is 298 Å². The SMILES string of the molecule is c1ccc(-n2c3ccccc3c3cc(-c4ccc(N(c5ccc(-n6c7ccccc7c7ccccc76)c6ccccc56)c5ccc(-n6c7ccccc7c7ccccc76)c6ccccc56)c5ccccc45)ccc32)cc1. The number of hydrogen-bond donors (Lipinski definition) is 0. The summed E-state index contributed by atoms with van der Waals surface area (Å²) in [5, 5.41) is 14.5. The Bertz CT molecular complexity index is 4710. The molecular weight excluding hydrogens is 921 g/mol. The van der Waals surface area contributed by atoms with Crippen LogP contribution in [-0.4, -0.2) is 13.7 Å².